The maximum Gasteiger partial charge on any atom is 0.265 e. The molecule has 0 aliphatic carbocycles. The van der Waals surface area contributed by atoms with Crippen LogP contribution in [-0.2, 0) is 23.0 Å². The van der Waals surface area contributed by atoms with E-state index in [-0.39, 0.29) is 10.8 Å². The number of ether oxygens (including phenoxy) is 1. The van der Waals surface area contributed by atoms with Crippen LogP contribution in [0, 0.1) is 0 Å². The lowest BCUT2D eigenvalue weighted by Crippen LogP contribution is -2.26. The molecule has 114 valence electrons. The van der Waals surface area contributed by atoms with E-state index < -0.39 is 10.0 Å². The van der Waals surface area contributed by atoms with Crippen molar-refractivity contribution in [1.29, 1.82) is 0 Å². The SMILES string of the molecule is COc1ccc(N(C)S(=O)(=O)c2cc(CCl)n(C)c2)cc1. The highest BCUT2D eigenvalue weighted by atomic mass is 35.5. The predicted molar refractivity (Wildman–Crippen MR) is 83.6 cm³/mol. The number of methoxy groups -OCH3 is 1. The van der Waals surface area contributed by atoms with Crippen LogP contribution >= 0.6 is 11.6 Å². The van der Waals surface area contributed by atoms with Gasteiger partial charge in [0.1, 0.15) is 10.6 Å². The molecule has 5 nitrogen and oxygen atoms in total. The zero-order chi connectivity index (χ0) is 15.6. The number of alkyl halides is 1. The Hall–Kier alpha value is -1.66. The summed E-state index contributed by atoms with van der Waals surface area (Å²) in [6.45, 7) is 0. The van der Waals surface area contributed by atoms with Crippen LogP contribution in [0.25, 0.3) is 0 Å². The molecule has 0 aliphatic rings. The van der Waals surface area contributed by atoms with Gasteiger partial charge in [0.2, 0.25) is 0 Å². The van der Waals surface area contributed by atoms with E-state index in [2.05, 4.69) is 0 Å². The first-order valence-electron chi connectivity index (χ1n) is 6.24. The number of sulfonamides is 1. The average Bonchev–Trinajstić information content (AvgIpc) is 2.88. The number of hydrogen-bond donors (Lipinski definition) is 0. The molecule has 0 spiro atoms. The van der Waals surface area contributed by atoms with Gasteiger partial charge >= 0.3 is 0 Å². The third-order valence-electron chi connectivity index (χ3n) is 3.31. The van der Waals surface area contributed by atoms with Crippen molar-refractivity contribution in [2.45, 2.75) is 10.8 Å². The molecule has 2 rings (SSSR count). The minimum Gasteiger partial charge on any atom is -0.497 e. The zero-order valence-electron chi connectivity index (χ0n) is 12.1. The summed E-state index contributed by atoms with van der Waals surface area (Å²) < 4.78 is 33.2. The van der Waals surface area contributed by atoms with Crippen LogP contribution in [0.2, 0.25) is 0 Å². The number of hydrogen-bond acceptors (Lipinski definition) is 3. The standard InChI is InChI=1S/C14H17ClN2O3S/c1-16-10-14(8-12(16)9-15)21(18,19)17(2)11-4-6-13(20-3)7-5-11/h4-8,10H,9H2,1-3H3. The van der Waals surface area contributed by atoms with Gasteiger partial charge in [0.25, 0.3) is 10.0 Å². The Morgan fingerprint density at radius 1 is 1.29 bits per heavy atom. The fraction of sp³-hybridized carbons (Fsp3) is 0.286. The van der Waals surface area contributed by atoms with Gasteiger partial charge in [-0.25, -0.2) is 8.42 Å². The monoisotopic (exact) mass is 328 g/mol. The Morgan fingerprint density at radius 2 is 1.90 bits per heavy atom. The molecule has 0 saturated carbocycles. The highest BCUT2D eigenvalue weighted by Crippen LogP contribution is 2.25. The zero-order valence-corrected chi connectivity index (χ0v) is 13.6. The first-order valence-corrected chi connectivity index (χ1v) is 8.22. The lowest BCUT2D eigenvalue weighted by atomic mass is 10.3. The highest BCUT2D eigenvalue weighted by molar-refractivity contribution is 7.92. The summed E-state index contributed by atoms with van der Waals surface area (Å²) in [7, 11) is 1.24. The molecule has 0 unspecified atom stereocenters. The summed E-state index contributed by atoms with van der Waals surface area (Å²) in [5.41, 5.74) is 1.31. The molecule has 7 heteroatoms. The Balaban J connectivity index is 2.36. The van der Waals surface area contributed by atoms with Crippen molar-refractivity contribution in [3.63, 3.8) is 0 Å². The number of rotatable bonds is 5. The molecule has 0 N–H and O–H groups in total. The summed E-state index contributed by atoms with van der Waals surface area (Å²) in [6, 6.07) is 8.42. The van der Waals surface area contributed by atoms with Crippen molar-refractivity contribution >= 4 is 27.3 Å². The third-order valence-corrected chi connectivity index (χ3v) is 5.34. The molecule has 0 aliphatic heterocycles. The summed E-state index contributed by atoms with van der Waals surface area (Å²) in [5.74, 6) is 0.937. The second-order valence-electron chi connectivity index (χ2n) is 4.58. The molecule has 1 heterocycles. The van der Waals surface area contributed by atoms with Gasteiger partial charge in [-0.2, -0.15) is 0 Å². The lowest BCUT2D eigenvalue weighted by molar-refractivity contribution is 0.415. The van der Waals surface area contributed by atoms with Gasteiger partial charge in [-0.05, 0) is 30.3 Å². The van der Waals surface area contributed by atoms with E-state index in [0.29, 0.717) is 11.4 Å². The van der Waals surface area contributed by atoms with Crippen LogP contribution in [0.1, 0.15) is 5.69 Å². The van der Waals surface area contributed by atoms with Crippen LogP contribution in [0.15, 0.2) is 41.4 Å². The Kier molecular flexibility index (Phi) is 4.49. The third kappa shape index (κ3) is 3.01. The van der Waals surface area contributed by atoms with Crippen molar-refractivity contribution in [3.05, 3.63) is 42.2 Å². The van der Waals surface area contributed by atoms with Gasteiger partial charge in [0.05, 0.1) is 18.7 Å². The molecule has 0 bridgehead atoms. The molecular formula is C14H17ClN2O3S. The minimum absolute atomic E-state index is 0.221. The van der Waals surface area contributed by atoms with E-state index in [1.54, 1.807) is 55.3 Å². The van der Waals surface area contributed by atoms with Gasteiger partial charge in [-0.1, -0.05) is 0 Å². The summed E-state index contributed by atoms with van der Waals surface area (Å²) in [6.07, 6.45) is 1.56. The van der Waals surface area contributed by atoms with Gasteiger partial charge in [-0.3, -0.25) is 4.31 Å². The topological polar surface area (TPSA) is 51.5 Å². The van der Waals surface area contributed by atoms with Crippen molar-refractivity contribution < 1.29 is 13.2 Å². The van der Waals surface area contributed by atoms with E-state index in [0.717, 1.165) is 5.69 Å². The smallest absolute Gasteiger partial charge is 0.265 e. The lowest BCUT2D eigenvalue weighted by Gasteiger charge is -2.18. The summed E-state index contributed by atoms with van der Waals surface area (Å²) >= 11 is 5.78. The van der Waals surface area contributed by atoms with Crippen LogP contribution in [0.5, 0.6) is 5.75 Å². The van der Waals surface area contributed by atoms with E-state index in [1.807, 2.05) is 0 Å². The second kappa shape index (κ2) is 5.99. The first kappa shape index (κ1) is 15.7. The largest absolute Gasteiger partial charge is 0.497 e. The van der Waals surface area contributed by atoms with Gasteiger partial charge in [0.15, 0.2) is 0 Å². The quantitative estimate of drug-likeness (QED) is 0.793. The number of aryl methyl sites for hydroxylation is 1. The van der Waals surface area contributed by atoms with E-state index >= 15 is 0 Å². The van der Waals surface area contributed by atoms with Gasteiger partial charge in [0, 0.05) is 26.0 Å². The maximum atomic E-state index is 12.6. The molecule has 0 fully saturated rings. The number of aromatic nitrogens is 1. The fourth-order valence-electron chi connectivity index (χ4n) is 1.94. The highest BCUT2D eigenvalue weighted by Gasteiger charge is 2.23. The van der Waals surface area contributed by atoms with Crippen LogP contribution in [0.4, 0.5) is 5.69 Å². The molecule has 0 radical (unpaired) electrons. The van der Waals surface area contributed by atoms with Crippen molar-refractivity contribution in [3.8, 4) is 5.75 Å². The molecule has 0 amide bonds. The molecule has 0 atom stereocenters. The van der Waals surface area contributed by atoms with Crippen molar-refractivity contribution in [1.82, 2.24) is 4.57 Å². The molecule has 21 heavy (non-hydrogen) atoms. The van der Waals surface area contributed by atoms with E-state index in [1.165, 1.54) is 11.4 Å². The second-order valence-corrected chi connectivity index (χ2v) is 6.82. The Bertz CT molecular complexity index is 723. The number of anilines is 1. The molecular weight excluding hydrogens is 312 g/mol. The Morgan fingerprint density at radius 3 is 2.38 bits per heavy atom. The number of benzene rings is 1. The fourth-order valence-corrected chi connectivity index (χ4v) is 3.50. The van der Waals surface area contributed by atoms with Crippen LogP contribution < -0.4 is 9.04 Å². The van der Waals surface area contributed by atoms with Crippen LogP contribution in [0.3, 0.4) is 0 Å². The summed E-state index contributed by atoms with van der Waals surface area (Å²) in [4.78, 5) is 0.221. The molecule has 1 aromatic heterocycles. The maximum absolute atomic E-state index is 12.6. The molecule has 2 aromatic rings. The molecule has 0 saturated heterocycles. The van der Waals surface area contributed by atoms with E-state index in [9.17, 15) is 8.42 Å². The first-order chi connectivity index (χ1) is 9.90. The normalized spacial score (nSPS) is 11.4. The van der Waals surface area contributed by atoms with Crippen molar-refractivity contribution in [2.75, 3.05) is 18.5 Å². The number of halogens is 1. The van der Waals surface area contributed by atoms with Crippen molar-refractivity contribution in [2.24, 2.45) is 7.05 Å². The van der Waals surface area contributed by atoms with E-state index in [4.69, 9.17) is 16.3 Å². The minimum atomic E-state index is -3.61. The Labute approximate surface area is 129 Å². The van der Waals surface area contributed by atoms with Gasteiger partial charge in [-0.15, -0.1) is 11.6 Å². The molecule has 1 aromatic carbocycles. The number of nitrogens with zero attached hydrogens (tertiary/aromatic N) is 2. The average molecular weight is 329 g/mol. The predicted octanol–water partition coefficient (Wildman–Crippen LogP) is 2.60. The van der Waals surface area contributed by atoms with Gasteiger partial charge < -0.3 is 9.30 Å². The summed E-state index contributed by atoms with van der Waals surface area (Å²) in [5, 5.41) is 0. The van der Waals surface area contributed by atoms with Crippen LogP contribution in [-0.4, -0.2) is 27.1 Å².